The van der Waals surface area contributed by atoms with Crippen LogP contribution in [-0.4, -0.2) is 17.6 Å². The van der Waals surface area contributed by atoms with Gasteiger partial charge in [0, 0.05) is 24.1 Å². The maximum Gasteiger partial charge on any atom is 0.224 e. The molecule has 0 aliphatic heterocycles. The van der Waals surface area contributed by atoms with Gasteiger partial charge in [-0.05, 0) is 37.0 Å². The van der Waals surface area contributed by atoms with Crippen LogP contribution in [0.15, 0.2) is 24.3 Å². The van der Waals surface area contributed by atoms with Crippen molar-refractivity contribution in [1.82, 2.24) is 0 Å². The number of amides is 1. The Kier molecular flexibility index (Phi) is 4.38. The number of hydrogen-bond donors (Lipinski definition) is 2. The number of carbonyl (C=O) groups excluding carboxylic acids is 1. The SMILES string of the molecule is O=C(CC1CC1)Nc1cccc(C#CCCO)c1. The first-order chi connectivity index (χ1) is 8.78. The smallest absolute Gasteiger partial charge is 0.224 e. The van der Waals surface area contributed by atoms with E-state index >= 15 is 0 Å². The zero-order chi connectivity index (χ0) is 12.8. The van der Waals surface area contributed by atoms with Gasteiger partial charge in [0.15, 0.2) is 0 Å². The van der Waals surface area contributed by atoms with Crippen molar-refractivity contribution in [2.75, 3.05) is 11.9 Å². The highest BCUT2D eigenvalue weighted by Gasteiger charge is 2.24. The Morgan fingerprint density at radius 1 is 1.44 bits per heavy atom. The topological polar surface area (TPSA) is 49.3 Å². The van der Waals surface area contributed by atoms with Crippen LogP contribution in [0, 0.1) is 17.8 Å². The third-order valence-corrected chi connectivity index (χ3v) is 2.79. The fourth-order valence-electron chi connectivity index (χ4n) is 1.69. The van der Waals surface area contributed by atoms with Gasteiger partial charge in [-0.25, -0.2) is 0 Å². The fourth-order valence-corrected chi connectivity index (χ4v) is 1.69. The van der Waals surface area contributed by atoms with Crippen molar-refractivity contribution in [2.24, 2.45) is 5.92 Å². The fraction of sp³-hybridized carbons (Fsp3) is 0.400. The quantitative estimate of drug-likeness (QED) is 0.796. The molecule has 0 radical (unpaired) electrons. The lowest BCUT2D eigenvalue weighted by Gasteiger charge is -2.04. The van der Waals surface area contributed by atoms with E-state index in [2.05, 4.69) is 17.2 Å². The van der Waals surface area contributed by atoms with Crippen LogP contribution in [0.3, 0.4) is 0 Å². The molecule has 1 saturated carbocycles. The third kappa shape index (κ3) is 4.23. The van der Waals surface area contributed by atoms with E-state index in [-0.39, 0.29) is 12.5 Å². The second-order valence-electron chi connectivity index (χ2n) is 4.55. The molecule has 1 fully saturated rings. The highest BCUT2D eigenvalue weighted by molar-refractivity contribution is 5.91. The third-order valence-electron chi connectivity index (χ3n) is 2.79. The highest BCUT2D eigenvalue weighted by Crippen LogP contribution is 2.32. The average Bonchev–Trinajstić information content (AvgIpc) is 3.13. The van der Waals surface area contributed by atoms with Crippen LogP contribution in [-0.2, 0) is 4.79 Å². The molecule has 3 nitrogen and oxygen atoms in total. The van der Waals surface area contributed by atoms with Crippen LogP contribution < -0.4 is 5.32 Å². The van der Waals surface area contributed by atoms with E-state index in [4.69, 9.17) is 5.11 Å². The molecule has 1 amide bonds. The molecule has 94 valence electrons. The minimum absolute atomic E-state index is 0.0742. The summed E-state index contributed by atoms with van der Waals surface area (Å²) < 4.78 is 0. The Bertz CT molecular complexity index is 481. The first-order valence-electron chi connectivity index (χ1n) is 6.27. The molecule has 0 bridgehead atoms. The number of hydrogen-bond acceptors (Lipinski definition) is 2. The highest BCUT2D eigenvalue weighted by atomic mass is 16.2. The Morgan fingerprint density at radius 2 is 2.28 bits per heavy atom. The molecule has 0 unspecified atom stereocenters. The van der Waals surface area contributed by atoms with Gasteiger partial charge >= 0.3 is 0 Å². The Balaban J connectivity index is 1.93. The molecule has 0 spiro atoms. The van der Waals surface area contributed by atoms with E-state index in [1.807, 2.05) is 24.3 Å². The Morgan fingerprint density at radius 3 is 3.00 bits per heavy atom. The van der Waals surface area contributed by atoms with Crippen molar-refractivity contribution < 1.29 is 9.90 Å². The molecular formula is C15H17NO2. The number of anilines is 1. The summed E-state index contributed by atoms with van der Waals surface area (Å²) in [6.07, 6.45) is 3.46. The van der Waals surface area contributed by atoms with Crippen LogP contribution in [0.1, 0.15) is 31.2 Å². The summed E-state index contributed by atoms with van der Waals surface area (Å²) in [5.41, 5.74) is 1.64. The summed E-state index contributed by atoms with van der Waals surface area (Å²) in [7, 11) is 0. The van der Waals surface area contributed by atoms with E-state index in [1.54, 1.807) is 0 Å². The summed E-state index contributed by atoms with van der Waals surface area (Å²) in [6, 6.07) is 7.48. The Hall–Kier alpha value is -1.79. The molecule has 0 aromatic heterocycles. The lowest BCUT2D eigenvalue weighted by atomic mass is 10.2. The van der Waals surface area contributed by atoms with E-state index in [0.717, 1.165) is 11.3 Å². The normalized spacial score (nSPS) is 13.6. The molecule has 1 aliphatic rings. The maximum atomic E-state index is 11.7. The van der Waals surface area contributed by atoms with Crippen molar-refractivity contribution in [1.29, 1.82) is 0 Å². The second-order valence-corrected chi connectivity index (χ2v) is 4.55. The summed E-state index contributed by atoms with van der Waals surface area (Å²) in [4.78, 5) is 11.7. The van der Waals surface area contributed by atoms with Crippen LogP contribution >= 0.6 is 0 Å². The van der Waals surface area contributed by atoms with Crippen molar-refractivity contribution >= 4 is 11.6 Å². The zero-order valence-corrected chi connectivity index (χ0v) is 10.3. The van der Waals surface area contributed by atoms with Gasteiger partial charge in [-0.2, -0.15) is 0 Å². The standard InChI is InChI=1S/C15H17NO2/c17-9-2-1-4-12-5-3-6-14(10-12)16-15(18)11-13-7-8-13/h3,5-6,10,13,17H,2,7-9,11H2,(H,16,18). The first-order valence-corrected chi connectivity index (χ1v) is 6.27. The predicted octanol–water partition coefficient (Wildman–Crippen LogP) is 2.16. The van der Waals surface area contributed by atoms with E-state index in [0.29, 0.717) is 18.8 Å². The summed E-state index contributed by atoms with van der Waals surface area (Å²) in [5.74, 6) is 6.49. The van der Waals surface area contributed by atoms with Crippen LogP contribution in [0.2, 0.25) is 0 Å². The van der Waals surface area contributed by atoms with Gasteiger partial charge in [-0.3, -0.25) is 4.79 Å². The van der Waals surface area contributed by atoms with E-state index in [9.17, 15) is 4.79 Å². The monoisotopic (exact) mass is 243 g/mol. The summed E-state index contributed by atoms with van der Waals surface area (Å²) >= 11 is 0. The number of aliphatic hydroxyl groups excluding tert-OH is 1. The van der Waals surface area contributed by atoms with Gasteiger partial charge < -0.3 is 10.4 Å². The molecule has 1 aromatic carbocycles. The molecule has 1 aliphatic carbocycles. The molecular weight excluding hydrogens is 226 g/mol. The van der Waals surface area contributed by atoms with Crippen molar-refractivity contribution in [2.45, 2.75) is 25.7 Å². The van der Waals surface area contributed by atoms with Gasteiger partial charge in [0.1, 0.15) is 0 Å². The minimum atomic E-state index is 0.0742. The number of aliphatic hydroxyl groups is 1. The molecule has 0 heterocycles. The molecule has 18 heavy (non-hydrogen) atoms. The Labute approximate surface area is 107 Å². The summed E-state index contributed by atoms with van der Waals surface area (Å²) in [5, 5.41) is 11.5. The molecule has 1 aromatic rings. The molecule has 0 atom stereocenters. The largest absolute Gasteiger partial charge is 0.395 e. The first kappa shape index (κ1) is 12.7. The lowest BCUT2D eigenvalue weighted by Crippen LogP contribution is -2.11. The van der Waals surface area contributed by atoms with Crippen molar-refractivity contribution in [3.63, 3.8) is 0 Å². The maximum absolute atomic E-state index is 11.7. The van der Waals surface area contributed by atoms with Gasteiger partial charge in [0.2, 0.25) is 5.91 Å². The van der Waals surface area contributed by atoms with Gasteiger partial charge in [-0.15, -0.1) is 0 Å². The van der Waals surface area contributed by atoms with E-state index in [1.165, 1.54) is 12.8 Å². The van der Waals surface area contributed by atoms with Gasteiger partial charge in [0.05, 0.1) is 6.61 Å². The van der Waals surface area contributed by atoms with Crippen LogP contribution in [0.4, 0.5) is 5.69 Å². The molecule has 2 rings (SSSR count). The predicted molar refractivity (Wildman–Crippen MR) is 71.0 cm³/mol. The summed E-state index contributed by atoms with van der Waals surface area (Å²) in [6.45, 7) is 0.0742. The lowest BCUT2D eigenvalue weighted by molar-refractivity contribution is -0.116. The van der Waals surface area contributed by atoms with E-state index < -0.39 is 0 Å². The molecule has 2 N–H and O–H groups in total. The van der Waals surface area contributed by atoms with Gasteiger partial charge in [0.25, 0.3) is 0 Å². The van der Waals surface area contributed by atoms with Crippen LogP contribution in [0.5, 0.6) is 0 Å². The zero-order valence-electron chi connectivity index (χ0n) is 10.3. The average molecular weight is 243 g/mol. The number of rotatable bonds is 4. The number of nitrogens with one attached hydrogen (secondary N) is 1. The number of benzene rings is 1. The van der Waals surface area contributed by atoms with Crippen LogP contribution in [0.25, 0.3) is 0 Å². The van der Waals surface area contributed by atoms with Crippen molar-refractivity contribution in [3.05, 3.63) is 29.8 Å². The molecule has 0 saturated heterocycles. The molecule has 3 heteroatoms. The van der Waals surface area contributed by atoms with Crippen molar-refractivity contribution in [3.8, 4) is 11.8 Å². The van der Waals surface area contributed by atoms with Gasteiger partial charge in [-0.1, -0.05) is 17.9 Å². The number of carbonyl (C=O) groups is 1. The minimum Gasteiger partial charge on any atom is -0.395 e. The second kappa shape index (κ2) is 6.23.